The van der Waals surface area contributed by atoms with Gasteiger partial charge in [-0.3, -0.25) is 4.79 Å². The van der Waals surface area contributed by atoms with Crippen molar-refractivity contribution in [3.05, 3.63) is 22.2 Å². The zero-order valence-electron chi connectivity index (χ0n) is 9.40. The number of hydrogen-bond donors (Lipinski definition) is 1. The van der Waals surface area contributed by atoms with E-state index in [1.54, 1.807) is 6.07 Å². The number of aldehydes is 1. The zero-order chi connectivity index (χ0) is 12.4. The summed E-state index contributed by atoms with van der Waals surface area (Å²) in [5.74, 6) is 0.733. The van der Waals surface area contributed by atoms with Crippen LogP contribution in [0.2, 0.25) is 5.02 Å². The first-order chi connectivity index (χ1) is 8.19. The maximum absolute atomic E-state index is 10.9. The molecule has 0 aromatic heterocycles. The fraction of sp³-hybridized carbons (Fsp3) is 0.417. The maximum Gasteiger partial charge on any atom is 0.172 e. The summed E-state index contributed by atoms with van der Waals surface area (Å²) in [4.78, 5) is 10.9. The number of ether oxygens (including phenoxy) is 2. The van der Waals surface area contributed by atoms with Crippen LogP contribution in [0.15, 0.2) is 6.07 Å². The lowest BCUT2D eigenvalue weighted by Crippen LogP contribution is -2.19. The van der Waals surface area contributed by atoms with Gasteiger partial charge >= 0.3 is 0 Å². The van der Waals surface area contributed by atoms with E-state index in [0.29, 0.717) is 47.1 Å². The molecule has 0 aliphatic carbocycles. The molecule has 1 atom stereocenters. The van der Waals surface area contributed by atoms with Crippen LogP contribution in [0.4, 0.5) is 0 Å². The number of hydrogen-bond acceptors (Lipinski definition) is 4. The summed E-state index contributed by atoms with van der Waals surface area (Å²) < 4.78 is 11.0. The Balaban J connectivity index is 2.63. The molecular weight excluding hydrogens is 244 g/mol. The second-order valence-corrected chi connectivity index (χ2v) is 4.33. The van der Waals surface area contributed by atoms with Gasteiger partial charge in [0.15, 0.2) is 17.8 Å². The van der Waals surface area contributed by atoms with E-state index in [1.807, 2.05) is 6.92 Å². The summed E-state index contributed by atoms with van der Waals surface area (Å²) in [6.45, 7) is 2.61. The Bertz CT molecular complexity index is 445. The molecule has 5 heteroatoms. The van der Waals surface area contributed by atoms with Crippen LogP contribution in [0.1, 0.15) is 28.8 Å². The lowest BCUT2D eigenvalue weighted by Gasteiger charge is -2.25. The van der Waals surface area contributed by atoms with Crippen LogP contribution >= 0.6 is 11.6 Å². The van der Waals surface area contributed by atoms with Gasteiger partial charge in [-0.1, -0.05) is 18.5 Å². The van der Waals surface area contributed by atoms with Gasteiger partial charge in [-0.15, -0.1) is 0 Å². The zero-order valence-corrected chi connectivity index (χ0v) is 10.2. The molecule has 1 aliphatic heterocycles. The van der Waals surface area contributed by atoms with E-state index >= 15 is 0 Å². The third-order valence-electron chi connectivity index (χ3n) is 2.72. The number of aliphatic hydroxyl groups is 1. The first kappa shape index (κ1) is 12.2. The minimum absolute atomic E-state index is 0.0457. The van der Waals surface area contributed by atoms with E-state index in [4.69, 9.17) is 21.1 Å². The second-order valence-electron chi connectivity index (χ2n) is 3.92. The molecule has 1 aliphatic rings. The predicted molar refractivity (Wildman–Crippen MR) is 63.3 cm³/mol. The molecule has 0 saturated carbocycles. The van der Waals surface area contributed by atoms with E-state index in [0.717, 1.165) is 0 Å². The van der Waals surface area contributed by atoms with E-state index in [2.05, 4.69) is 0 Å². The first-order valence-electron chi connectivity index (χ1n) is 5.37. The minimum Gasteiger partial charge on any atom is -0.486 e. The summed E-state index contributed by atoms with van der Waals surface area (Å²) in [6.07, 6.45) is 0.687. The molecule has 4 nitrogen and oxygen atoms in total. The van der Waals surface area contributed by atoms with Crippen molar-refractivity contribution in [2.24, 2.45) is 0 Å². The van der Waals surface area contributed by atoms with Crippen molar-refractivity contribution < 1.29 is 19.4 Å². The Hall–Kier alpha value is -1.26. The highest BCUT2D eigenvalue weighted by atomic mass is 35.5. The molecule has 0 fully saturated rings. The molecule has 0 saturated heterocycles. The van der Waals surface area contributed by atoms with Crippen LogP contribution in [0.5, 0.6) is 11.5 Å². The van der Waals surface area contributed by atoms with E-state index in [-0.39, 0.29) is 12.5 Å². The summed E-state index contributed by atoms with van der Waals surface area (Å²) in [5, 5.41) is 9.63. The molecule has 92 valence electrons. The number of fused-ring (bicyclic) bond motifs is 1. The van der Waals surface area contributed by atoms with Crippen LogP contribution < -0.4 is 9.47 Å². The third kappa shape index (κ3) is 2.10. The molecule has 1 aromatic rings. The highest BCUT2D eigenvalue weighted by molar-refractivity contribution is 6.32. The highest BCUT2D eigenvalue weighted by Crippen LogP contribution is 2.44. The van der Waals surface area contributed by atoms with Crippen LogP contribution in [0, 0.1) is 0 Å². The van der Waals surface area contributed by atoms with Crippen molar-refractivity contribution in [1.82, 2.24) is 0 Å². The molecule has 1 N–H and O–H groups in total. The van der Waals surface area contributed by atoms with Gasteiger partial charge in [0, 0.05) is 23.1 Å². The quantitative estimate of drug-likeness (QED) is 0.841. The third-order valence-corrected chi connectivity index (χ3v) is 3.04. The van der Waals surface area contributed by atoms with Gasteiger partial charge in [-0.2, -0.15) is 0 Å². The Morgan fingerprint density at radius 2 is 2.12 bits per heavy atom. The number of benzene rings is 1. The molecule has 17 heavy (non-hydrogen) atoms. The smallest absolute Gasteiger partial charge is 0.172 e. The summed E-state index contributed by atoms with van der Waals surface area (Å²) in [7, 11) is 0. The monoisotopic (exact) mass is 256 g/mol. The molecule has 0 radical (unpaired) electrons. The van der Waals surface area contributed by atoms with Gasteiger partial charge in [0.25, 0.3) is 0 Å². The standard InChI is InChI=1S/C12H13ClO4/c1-7(5-14)10-9(13)4-8(6-15)11-12(10)17-3-2-16-11/h4,6-7,14H,2-3,5H2,1H3. The van der Waals surface area contributed by atoms with Gasteiger partial charge < -0.3 is 14.6 Å². The fourth-order valence-corrected chi connectivity index (χ4v) is 2.25. The Labute approximate surface area is 104 Å². The summed E-state index contributed by atoms with van der Waals surface area (Å²) >= 11 is 6.11. The van der Waals surface area contributed by atoms with Crippen LogP contribution in [-0.4, -0.2) is 31.2 Å². The average Bonchev–Trinajstić information content (AvgIpc) is 2.37. The lowest BCUT2D eigenvalue weighted by molar-refractivity contribution is 0.111. The highest BCUT2D eigenvalue weighted by Gasteiger charge is 2.25. The molecule has 1 aromatic carbocycles. The van der Waals surface area contributed by atoms with Gasteiger partial charge in [0.2, 0.25) is 0 Å². The van der Waals surface area contributed by atoms with Crippen molar-refractivity contribution in [3.8, 4) is 11.5 Å². The van der Waals surface area contributed by atoms with E-state index < -0.39 is 0 Å². The van der Waals surface area contributed by atoms with Crippen molar-refractivity contribution in [2.45, 2.75) is 12.8 Å². The Morgan fingerprint density at radius 1 is 1.47 bits per heavy atom. The van der Waals surface area contributed by atoms with Crippen LogP contribution in [0.25, 0.3) is 0 Å². The number of halogens is 1. The predicted octanol–water partition coefficient (Wildman–Crippen LogP) is 2.02. The van der Waals surface area contributed by atoms with E-state index in [9.17, 15) is 9.90 Å². The minimum atomic E-state index is -0.168. The van der Waals surface area contributed by atoms with Gasteiger partial charge in [-0.25, -0.2) is 0 Å². The van der Waals surface area contributed by atoms with Crippen molar-refractivity contribution in [3.63, 3.8) is 0 Å². The number of rotatable bonds is 3. The normalized spacial score (nSPS) is 15.5. The molecule has 0 amide bonds. The van der Waals surface area contributed by atoms with Crippen molar-refractivity contribution in [2.75, 3.05) is 19.8 Å². The first-order valence-corrected chi connectivity index (χ1v) is 5.74. The molecule has 2 rings (SSSR count). The molecule has 1 unspecified atom stereocenters. The van der Waals surface area contributed by atoms with Crippen LogP contribution in [0.3, 0.4) is 0 Å². The molecule has 0 bridgehead atoms. The number of carbonyl (C=O) groups excluding carboxylic acids is 1. The molecule has 1 heterocycles. The lowest BCUT2D eigenvalue weighted by atomic mass is 9.98. The van der Waals surface area contributed by atoms with Crippen molar-refractivity contribution >= 4 is 17.9 Å². The number of aliphatic hydroxyl groups excluding tert-OH is 1. The number of carbonyl (C=O) groups is 1. The van der Waals surface area contributed by atoms with Gasteiger partial charge in [-0.05, 0) is 6.07 Å². The van der Waals surface area contributed by atoms with Crippen LogP contribution in [-0.2, 0) is 0 Å². The van der Waals surface area contributed by atoms with Crippen molar-refractivity contribution in [1.29, 1.82) is 0 Å². The Morgan fingerprint density at radius 3 is 2.71 bits per heavy atom. The second kappa shape index (κ2) is 4.94. The average molecular weight is 257 g/mol. The van der Waals surface area contributed by atoms with Gasteiger partial charge in [0.05, 0.1) is 5.56 Å². The summed E-state index contributed by atoms with van der Waals surface area (Å²) in [6, 6.07) is 1.55. The van der Waals surface area contributed by atoms with Gasteiger partial charge in [0.1, 0.15) is 13.2 Å². The van der Waals surface area contributed by atoms with E-state index in [1.165, 1.54) is 0 Å². The molecule has 0 spiro atoms. The fourth-order valence-electron chi connectivity index (χ4n) is 1.86. The Kier molecular flexibility index (Phi) is 3.54. The maximum atomic E-state index is 10.9. The largest absolute Gasteiger partial charge is 0.486 e. The topological polar surface area (TPSA) is 55.8 Å². The SMILES string of the molecule is CC(CO)c1c(Cl)cc(C=O)c2c1OCCO2. The summed E-state index contributed by atoms with van der Waals surface area (Å²) in [5.41, 5.74) is 1.06. The molecular formula is C12H13ClO4.